The van der Waals surface area contributed by atoms with Gasteiger partial charge in [0.2, 0.25) is 6.41 Å². The molecule has 0 bridgehead atoms. The molecule has 1 heterocycles. The fourth-order valence-electron chi connectivity index (χ4n) is 4.12. The molecule has 6 nitrogen and oxygen atoms in total. The maximum Gasteiger partial charge on any atom is 0.418 e. The van der Waals surface area contributed by atoms with Gasteiger partial charge < -0.3 is 15.7 Å². The molecule has 0 aliphatic rings. The molecule has 10 heteroatoms. The van der Waals surface area contributed by atoms with Gasteiger partial charge in [-0.05, 0) is 102 Å². The van der Waals surface area contributed by atoms with E-state index in [1.807, 2.05) is 49.2 Å². The van der Waals surface area contributed by atoms with Crippen LogP contribution in [0.1, 0.15) is 47.4 Å². The lowest BCUT2D eigenvalue weighted by Crippen LogP contribution is -2.09. The van der Waals surface area contributed by atoms with Crippen LogP contribution in [-0.2, 0) is 23.9 Å². The number of aromatic nitrogens is 2. The van der Waals surface area contributed by atoms with Crippen LogP contribution in [0.25, 0.3) is 11.3 Å². The lowest BCUT2D eigenvalue weighted by atomic mass is 10.0. The highest BCUT2D eigenvalue weighted by Gasteiger charge is 2.33. The molecule has 234 valence electrons. The van der Waals surface area contributed by atoms with E-state index in [1.165, 1.54) is 22.3 Å². The van der Waals surface area contributed by atoms with Crippen molar-refractivity contribution in [3.8, 4) is 5.75 Å². The summed E-state index contributed by atoms with van der Waals surface area (Å²) in [6.45, 7) is 13.5. The summed E-state index contributed by atoms with van der Waals surface area (Å²) in [5.41, 5.74) is 6.84. The quantitative estimate of drug-likeness (QED) is 0.0995. The minimum atomic E-state index is -4.61. The van der Waals surface area contributed by atoms with Gasteiger partial charge >= 0.3 is 6.18 Å². The molecule has 0 fully saturated rings. The number of phenols is 1. The standard InChI is InChI=1S/C16H17BrN2.C10H15N.C8H6F3NO2/c1-11-7-5-6-8-15(11)12(2)9-13(3)19-14(4)16(17)10-18-19;1-3-9-4-6-10(7-5-9)8-11-2;9-8(10,11)6-3-5(14)1-2-7(6)12-4-13/h5-10H,2H2,1,3-4H3;4-7,11H,3,8H2,1-2H3;1-4,14H,(H,12,13)/b13-9-;;. The number of phenolic OH excluding ortho intramolecular Hbond substituents is 1. The van der Waals surface area contributed by atoms with Gasteiger partial charge in [0.05, 0.1) is 27.6 Å². The van der Waals surface area contributed by atoms with Crippen molar-refractivity contribution in [1.29, 1.82) is 0 Å². The predicted octanol–water partition coefficient (Wildman–Crippen LogP) is 8.78. The van der Waals surface area contributed by atoms with E-state index in [0.717, 1.165) is 46.5 Å². The Balaban J connectivity index is 0.000000240. The van der Waals surface area contributed by atoms with Crippen molar-refractivity contribution in [2.75, 3.05) is 12.4 Å². The molecule has 0 radical (unpaired) electrons. The van der Waals surface area contributed by atoms with E-state index < -0.39 is 17.5 Å². The molecule has 3 N–H and O–H groups in total. The number of rotatable bonds is 8. The molecule has 3 aromatic carbocycles. The summed E-state index contributed by atoms with van der Waals surface area (Å²) in [5, 5.41) is 18.2. The van der Waals surface area contributed by atoms with Crippen molar-refractivity contribution in [3.63, 3.8) is 0 Å². The SMILES string of the molecule is C=C(/C=C(/C)n1ncc(Br)c1C)c1ccccc1C.CCc1ccc(CNC)cc1.O=CNc1ccc(O)cc1C(F)(F)F. The van der Waals surface area contributed by atoms with Gasteiger partial charge in [-0.2, -0.15) is 18.3 Å². The topological polar surface area (TPSA) is 79.2 Å². The average Bonchev–Trinajstić information content (AvgIpc) is 3.32. The molecule has 44 heavy (non-hydrogen) atoms. The van der Waals surface area contributed by atoms with Crippen molar-refractivity contribution < 1.29 is 23.1 Å². The molecule has 1 aromatic heterocycles. The number of anilines is 1. The molecular weight excluding hydrogens is 633 g/mol. The third kappa shape index (κ3) is 10.8. The molecule has 0 unspecified atom stereocenters. The van der Waals surface area contributed by atoms with Crippen LogP contribution in [0, 0.1) is 13.8 Å². The molecule has 0 saturated heterocycles. The van der Waals surface area contributed by atoms with E-state index in [9.17, 15) is 18.0 Å². The monoisotopic (exact) mass is 670 g/mol. The van der Waals surface area contributed by atoms with Gasteiger partial charge in [0.15, 0.2) is 0 Å². The largest absolute Gasteiger partial charge is 0.508 e. The fourth-order valence-corrected chi connectivity index (χ4v) is 4.38. The zero-order chi connectivity index (χ0) is 32.9. The predicted molar refractivity (Wildman–Crippen MR) is 176 cm³/mol. The first-order valence-corrected chi connectivity index (χ1v) is 14.6. The van der Waals surface area contributed by atoms with E-state index in [2.05, 4.69) is 89.2 Å². The Morgan fingerprint density at radius 1 is 1.07 bits per heavy atom. The zero-order valence-corrected chi connectivity index (χ0v) is 27.1. The second-order valence-corrected chi connectivity index (χ2v) is 10.7. The third-order valence-electron chi connectivity index (χ3n) is 6.49. The minimum absolute atomic E-state index is 0.140. The van der Waals surface area contributed by atoms with Crippen LogP contribution in [0.4, 0.5) is 18.9 Å². The number of amides is 1. The number of aromatic hydroxyl groups is 1. The van der Waals surface area contributed by atoms with Gasteiger partial charge in [-0.15, -0.1) is 0 Å². The Morgan fingerprint density at radius 3 is 2.23 bits per heavy atom. The van der Waals surface area contributed by atoms with Crippen molar-refractivity contribution >= 4 is 39.3 Å². The number of hydrogen-bond donors (Lipinski definition) is 3. The summed E-state index contributed by atoms with van der Waals surface area (Å²) in [5.74, 6) is -0.506. The molecule has 0 spiro atoms. The molecule has 0 saturated carbocycles. The number of hydrogen-bond acceptors (Lipinski definition) is 4. The van der Waals surface area contributed by atoms with E-state index in [0.29, 0.717) is 6.07 Å². The van der Waals surface area contributed by atoms with Gasteiger partial charge in [0, 0.05) is 12.2 Å². The summed E-state index contributed by atoms with van der Waals surface area (Å²) >= 11 is 3.47. The number of benzene rings is 3. The Bertz CT molecular complexity index is 1560. The fraction of sp³-hybridized carbons (Fsp3) is 0.235. The van der Waals surface area contributed by atoms with Gasteiger partial charge in [-0.25, -0.2) is 4.68 Å². The number of carbonyl (C=O) groups excluding carboxylic acids is 1. The highest BCUT2D eigenvalue weighted by Crippen LogP contribution is 2.36. The summed E-state index contributed by atoms with van der Waals surface area (Å²) in [7, 11) is 1.97. The summed E-state index contributed by atoms with van der Waals surface area (Å²) in [6.07, 6.45) is 0.531. The first kappa shape index (κ1) is 36.0. The van der Waals surface area contributed by atoms with Crippen molar-refractivity contribution in [2.45, 2.75) is 46.8 Å². The third-order valence-corrected chi connectivity index (χ3v) is 7.27. The minimum Gasteiger partial charge on any atom is -0.508 e. The Labute approximate surface area is 265 Å². The normalized spacial score (nSPS) is 11.1. The second kappa shape index (κ2) is 17.2. The number of nitrogens with zero attached hydrogens (tertiary/aromatic N) is 2. The van der Waals surface area contributed by atoms with Gasteiger partial charge in [0.1, 0.15) is 5.75 Å². The molecule has 1 amide bonds. The lowest BCUT2D eigenvalue weighted by Gasteiger charge is -2.11. The first-order valence-electron chi connectivity index (χ1n) is 13.8. The van der Waals surface area contributed by atoms with Crippen LogP contribution in [0.2, 0.25) is 0 Å². The number of nitrogens with one attached hydrogen (secondary N) is 2. The number of alkyl halides is 3. The number of allylic oxidation sites excluding steroid dienone is 3. The molecule has 4 aromatic rings. The van der Waals surface area contributed by atoms with Crippen LogP contribution < -0.4 is 10.6 Å². The molecule has 0 aliphatic carbocycles. The molecule has 4 rings (SSSR count). The first-order chi connectivity index (χ1) is 20.8. The van der Waals surface area contributed by atoms with Crippen molar-refractivity contribution in [1.82, 2.24) is 15.1 Å². The van der Waals surface area contributed by atoms with Crippen LogP contribution >= 0.6 is 15.9 Å². The Morgan fingerprint density at radius 2 is 1.70 bits per heavy atom. The molecular formula is C34H38BrF3N4O2. The van der Waals surface area contributed by atoms with Crippen LogP contribution in [0.5, 0.6) is 5.75 Å². The number of carbonyl (C=O) groups is 1. The Hall–Kier alpha value is -4.15. The number of aryl methyl sites for hydroxylation is 2. The van der Waals surface area contributed by atoms with E-state index in [-0.39, 0.29) is 12.1 Å². The summed E-state index contributed by atoms with van der Waals surface area (Å²) in [6, 6.07) is 19.6. The maximum atomic E-state index is 12.3. The summed E-state index contributed by atoms with van der Waals surface area (Å²) in [4.78, 5) is 10.00. The lowest BCUT2D eigenvalue weighted by molar-refractivity contribution is -0.137. The van der Waals surface area contributed by atoms with Crippen molar-refractivity contribution in [3.05, 3.63) is 124 Å². The van der Waals surface area contributed by atoms with Gasteiger partial charge in [0.25, 0.3) is 0 Å². The molecule has 0 aliphatic heterocycles. The van der Waals surface area contributed by atoms with E-state index >= 15 is 0 Å². The number of halogens is 4. The zero-order valence-electron chi connectivity index (χ0n) is 25.5. The highest BCUT2D eigenvalue weighted by atomic mass is 79.9. The Kier molecular flexibility index (Phi) is 14.1. The van der Waals surface area contributed by atoms with Crippen LogP contribution in [0.3, 0.4) is 0 Å². The summed E-state index contributed by atoms with van der Waals surface area (Å²) < 4.78 is 39.8. The van der Waals surface area contributed by atoms with E-state index in [1.54, 1.807) is 0 Å². The van der Waals surface area contributed by atoms with Gasteiger partial charge in [-0.3, -0.25) is 4.79 Å². The van der Waals surface area contributed by atoms with Crippen LogP contribution in [-0.4, -0.2) is 28.3 Å². The van der Waals surface area contributed by atoms with E-state index in [4.69, 9.17) is 5.11 Å². The smallest absolute Gasteiger partial charge is 0.418 e. The van der Waals surface area contributed by atoms with Gasteiger partial charge in [-0.1, -0.05) is 62.0 Å². The average molecular weight is 672 g/mol. The maximum absolute atomic E-state index is 12.3. The second-order valence-electron chi connectivity index (χ2n) is 9.81. The van der Waals surface area contributed by atoms with Crippen LogP contribution in [0.15, 0.2) is 90.1 Å². The highest BCUT2D eigenvalue weighted by molar-refractivity contribution is 9.10. The van der Waals surface area contributed by atoms with Crippen molar-refractivity contribution in [2.24, 2.45) is 0 Å². The molecule has 0 atom stereocenters.